The molecule has 4 rings (SSSR count). The minimum Gasteiger partial charge on any atom is -0.496 e. The van der Waals surface area contributed by atoms with Crippen molar-refractivity contribution in [3.05, 3.63) is 102 Å². The Morgan fingerprint density at radius 3 is 2.44 bits per heavy atom. The predicted molar refractivity (Wildman–Crippen MR) is 140 cm³/mol. The quantitative estimate of drug-likeness (QED) is 0.252. The number of ether oxygens (including phenoxy) is 2. The molecule has 0 aliphatic rings. The van der Waals surface area contributed by atoms with Gasteiger partial charge in [0.05, 0.1) is 25.9 Å². The number of amides is 1. The van der Waals surface area contributed by atoms with E-state index in [2.05, 4.69) is 5.32 Å². The summed E-state index contributed by atoms with van der Waals surface area (Å²) < 4.78 is 12.9. The van der Waals surface area contributed by atoms with Crippen LogP contribution in [0.5, 0.6) is 11.5 Å². The van der Waals surface area contributed by atoms with E-state index in [1.165, 1.54) is 0 Å². The van der Waals surface area contributed by atoms with Gasteiger partial charge in [-0.3, -0.25) is 9.48 Å². The van der Waals surface area contributed by atoms with E-state index in [9.17, 15) is 10.1 Å². The summed E-state index contributed by atoms with van der Waals surface area (Å²) in [6.07, 6.45) is 3.38. The van der Waals surface area contributed by atoms with Crippen LogP contribution >= 0.6 is 0 Å². The molecule has 0 saturated heterocycles. The Kier molecular flexibility index (Phi) is 7.79. The summed E-state index contributed by atoms with van der Waals surface area (Å²) in [5.41, 5.74) is 3.51. The Bertz CT molecular complexity index is 1420. The molecule has 180 valence electrons. The molecule has 1 N–H and O–H groups in total. The molecule has 1 heterocycles. The zero-order valence-corrected chi connectivity index (χ0v) is 20.1. The third kappa shape index (κ3) is 5.62. The van der Waals surface area contributed by atoms with Crippen molar-refractivity contribution in [2.45, 2.75) is 13.5 Å². The first-order valence-corrected chi connectivity index (χ1v) is 11.5. The number of nitriles is 1. The van der Waals surface area contributed by atoms with Crippen molar-refractivity contribution >= 4 is 17.7 Å². The number of para-hydroxylation sites is 3. The zero-order valence-electron chi connectivity index (χ0n) is 20.1. The Labute approximate surface area is 210 Å². The van der Waals surface area contributed by atoms with Crippen molar-refractivity contribution in [3.8, 4) is 28.8 Å². The normalized spacial score (nSPS) is 11.0. The number of carbonyl (C=O) groups excluding carboxylic acids is 1. The highest BCUT2D eigenvalue weighted by atomic mass is 16.5. The van der Waals surface area contributed by atoms with Crippen LogP contribution in [0.3, 0.4) is 0 Å². The molecular weight excluding hydrogens is 452 g/mol. The molecule has 7 heteroatoms. The summed E-state index contributed by atoms with van der Waals surface area (Å²) in [5.74, 6) is 0.646. The summed E-state index contributed by atoms with van der Waals surface area (Å²) in [5, 5.41) is 17.4. The average molecular weight is 479 g/mol. The topological polar surface area (TPSA) is 89.2 Å². The fourth-order valence-corrected chi connectivity index (χ4v) is 3.79. The maximum Gasteiger partial charge on any atom is 0.266 e. The van der Waals surface area contributed by atoms with Crippen LogP contribution in [0, 0.1) is 11.3 Å². The highest BCUT2D eigenvalue weighted by Crippen LogP contribution is 2.32. The lowest BCUT2D eigenvalue weighted by Crippen LogP contribution is -2.14. The molecule has 4 aromatic rings. The van der Waals surface area contributed by atoms with Crippen LogP contribution in [0.4, 0.5) is 5.69 Å². The monoisotopic (exact) mass is 478 g/mol. The fraction of sp³-hybridized carbons (Fsp3) is 0.138. The van der Waals surface area contributed by atoms with E-state index in [4.69, 9.17) is 14.6 Å². The molecule has 0 bridgehead atoms. The number of hydrogen-bond donors (Lipinski definition) is 1. The van der Waals surface area contributed by atoms with Crippen molar-refractivity contribution in [2.24, 2.45) is 0 Å². The van der Waals surface area contributed by atoms with Gasteiger partial charge in [0.2, 0.25) is 0 Å². The second-order valence-electron chi connectivity index (χ2n) is 7.87. The molecular formula is C29H26N4O3. The van der Waals surface area contributed by atoms with Crippen LogP contribution in [0.1, 0.15) is 18.1 Å². The van der Waals surface area contributed by atoms with E-state index in [1.54, 1.807) is 36.1 Å². The molecule has 0 saturated carbocycles. The standard InChI is InChI=1S/C29H26N4O3/c1-3-36-27-16-10-8-14-25(27)31-29(34)22(18-30)17-23-20-33(19-21-11-5-4-6-12-21)32-28(23)24-13-7-9-15-26(24)35-2/h4-17,20H,3,19H2,1-2H3,(H,31,34)/b22-17+. The molecule has 0 spiro atoms. The number of methoxy groups -OCH3 is 1. The number of aromatic nitrogens is 2. The van der Waals surface area contributed by atoms with Crippen molar-refractivity contribution in [1.82, 2.24) is 9.78 Å². The van der Waals surface area contributed by atoms with Crippen LogP contribution in [0.15, 0.2) is 90.6 Å². The van der Waals surface area contributed by atoms with Gasteiger partial charge < -0.3 is 14.8 Å². The van der Waals surface area contributed by atoms with E-state index < -0.39 is 5.91 Å². The number of rotatable bonds is 9. The molecule has 7 nitrogen and oxygen atoms in total. The van der Waals surface area contributed by atoms with Crippen molar-refractivity contribution < 1.29 is 14.3 Å². The average Bonchev–Trinajstić information content (AvgIpc) is 3.30. The van der Waals surface area contributed by atoms with E-state index in [1.807, 2.05) is 79.9 Å². The number of nitrogens with zero attached hydrogens (tertiary/aromatic N) is 3. The Morgan fingerprint density at radius 1 is 1.03 bits per heavy atom. The second-order valence-corrected chi connectivity index (χ2v) is 7.87. The predicted octanol–water partition coefficient (Wildman–Crippen LogP) is 5.55. The van der Waals surface area contributed by atoms with Crippen LogP contribution in [-0.4, -0.2) is 29.4 Å². The zero-order chi connectivity index (χ0) is 25.3. The van der Waals surface area contributed by atoms with Gasteiger partial charge in [-0.15, -0.1) is 0 Å². The first kappa shape index (κ1) is 24.3. The lowest BCUT2D eigenvalue weighted by Gasteiger charge is -2.11. The van der Waals surface area contributed by atoms with E-state index in [-0.39, 0.29) is 5.57 Å². The van der Waals surface area contributed by atoms with Crippen LogP contribution in [-0.2, 0) is 11.3 Å². The second kappa shape index (κ2) is 11.5. The SMILES string of the molecule is CCOc1ccccc1NC(=O)/C(C#N)=C/c1cn(Cc2ccccc2)nc1-c1ccccc1OC. The van der Waals surface area contributed by atoms with Gasteiger partial charge >= 0.3 is 0 Å². The lowest BCUT2D eigenvalue weighted by atomic mass is 10.0. The van der Waals surface area contributed by atoms with Gasteiger partial charge in [0.1, 0.15) is 28.8 Å². The third-order valence-corrected chi connectivity index (χ3v) is 5.44. The molecule has 0 unspecified atom stereocenters. The summed E-state index contributed by atoms with van der Waals surface area (Å²) in [6.45, 7) is 2.86. The lowest BCUT2D eigenvalue weighted by molar-refractivity contribution is -0.112. The largest absolute Gasteiger partial charge is 0.496 e. The van der Waals surface area contributed by atoms with Crippen molar-refractivity contribution in [2.75, 3.05) is 19.0 Å². The van der Waals surface area contributed by atoms with Gasteiger partial charge in [-0.25, -0.2) is 0 Å². The Hall–Kier alpha value is -4.83. The molecule has 0 radical (unpaired) electrons. The minimum atomic E-state index is -0.536. The number of carbonyl (C=O) groups is 1. The van der Waals surface area contributed by atoms with Gasteiger partial charge in [0.25, 0.3) is 5.91 Å². The molecule has 0 aliphatic carbocycles. The molecule has 36 heavy (non-hydrogen) atoms. The Balaban J connectivity index is 1.73. The van der Waals surface area contributed by atoms with E-state index >= 15 is 0 Å². The van der Waals surface area contributed by atoms with Crippen molar-refractivity contribution in [1.29, 1.82) is 5.26 Å². The molecule has 3 aromatic carbocycles. The number of hydrogen-bond acceptors (Lipinski definition) is 5. The molecule has 1 aromatic heterocycles. The van der Waals surface area contributed by atoms with Gasteiger partial charge in [-0.2, -0.15) is 10.4 Å². The van der Waals surface area contributed by atoms with E-state index in [0.717, 1.165) is 11.1 Å². The Morgan fingerprint density at radius 2 is 1.72 bits per heavy atom. The summed E-state index contributed by atoms with van der Waals surface area (Å²) in [6, 6.07) is 26.6. The number of anilines is 1. The van der Waals surface area contributed by atoms with E-state index in [0.29, 0.717) is 41.6 Å². The summed E-state index contributed by atoms with van der Waals surface area (Å²) in [7, 11) is 1.60. The maximum atomic E-state index is 13.1. The van der Waals surface area contributed by atoms with Gasteiger partial charge in [0.15, 0.2) is 0 Å². The van der Waals surface area contributed by atoms with Crippen LogP contribution < -0.4 is 14.8 Å². The highest BCUT2D eigenvalue weighted by Gasteiger charge is 2.18. The van der Waals surface area contributed by atoms with Crippen LogP contribution in [0.2, 0.25) is 0 Å². The minimum absolute atomic E-state index is 0.0586. The molecule has 1 amide bonds. The van der Waals surface area contributed by atoms with Gasteiger partial charge in [0, 0.05) is 17.3 Å². The third-order valence-electron chi connectivity index (χ3n) is 5.44. The van der Waals surface area contributed by atoms with Gasteiger partial charge in [-0.05, 0) is 42.8 Å². The molecule has 0 aliphatic heterocycles. The molecule has 0 fully saturated rings. The summed E-state index contributed by atoms with van der Waals surface area (Å²) >= 11 is 0. The first-order valence-electron chi connectivity index (χ1n) is 11.5. The molecule has 0 atom stereocenters. The van der Waals surface area contributed by atoms with Crippen molar-refractivity contribution in [3.63, 3.8) is 0 Å². The number of benzene rings is 3. The van der Waals surface area contributed by atoms with Gasteiger partial charge in [-0.1, -0.05) is 54.6 Å². The smallest absolute Gasteiger partial charge is 0.266 e. The number of nitrogens with one attached hydrogen (secondary N) is 1. The first-order chi connectivity index (χ1) is 17.6. The maximum absolute atomic E-state index is 13.1. The highest BCUT2D eigenvalue weighted by molar-refractivity contribution is 6.10. The fourth-order valence-electron chi connectivity index (χ4n) is 3.79. The van der Waals surface area contributed by atoms with Crippen LogP contribution in [0.25, 0.3) is 17.3 Å². The summed E-state index contributed by atoms with van der Waals surface area (Å²) in [4.78, 5) is 13.1.